The van der Waals surface area contributed by atoms with E-state index in [0.29, 0.717) is 24.3 Å². The van der Waals surface area contributed by atoms with Gasteiger partial charge < -0.3 is 0 Å². The molecule has 0 aliphatic heterocycles. The van der Waals surface area contributed by atoms with E-state index in [2.05, 4.69) is 32.7 Å². The van der Waals surface area contributed by atoms with Gasteiger partial charge in [0.15, 0.2) is 0 Å². The molecule has 29 heavy (non-hydrogen) atoms. The van der Waals surface area contributed by atoms with Crippen LogP contribution in [0.3, 0.4) is 0 Å². The van der Waals surface area contributed by atoms with Crippen LogP contribution < -0.4 is 0 Å². The van der Waals surface area contributed by atoms with Gasteiger partial charge in [0, 0.05) is 15.8 Å². The zero-order valence-electron chi connectivity index (χ0n) is 16.1. The molecular formula is C22H23BrN2O3S. The molecule has 5 nitrogen and oxygen atoms in total. The minimum Gasteiger partial charge on any atom is -0.285 e. The highest BCUT2D eigenvalue weighted by molar-refractivity contribution is 9.10. The number of fused-ring (bicyclic) bond motifs is 1. The first kappa shape index (κ1) is 19.3. The van der Waals surface area contributed by atoms with Gasteiger partial charge in [0.1, 0.15) is 5.25 Å². The Morgan fingerprint density at radius 3 is 2.59 bits per heavy atom. The van der Waals surface area contributed by atoms with Crippen molar-refractivity contribution >= 4 is 37.0 Å². The van der Waals surface area contributed by atoms with Crippen molar-refractivity contribution in [3.63, 3.8) is 0 Å². The molecule has 0 spiro atoms. The van der Waals surface area contributed by atoms with E-state index in [1.165, 1.54) is 18.2 Å². The second kappa shape index (κ2) is 6.93. The molecule has 2 fully saturated rings. The molecule has 2 saturated carbocycles. The van der Waals surface area contributed by atoms with Crippen LogP contribution in [0.2, 0.25) is 0 Å². The Morgan fingerprint density at radius 1 is 1.17 bits per heavy atom. The van der Waals surface area contributed by atoms with Gasteiger partial charge in [-0.05, 0) is 62.3 Å². The molecule has 152 valence electrons. The topological polar surface area (TPSA) is 72.2 Å². The highest BCUT2D eigenvalue weighted by Crippen LogP contribution is 2.50. The summed E-state index contributed by atoms with van der Waals surface area (Å²) in [7, 11) is -4.18. The van der Waals surface area contributed by atoms with Gasteiger partial charge in [-0.3, -0.25) is 9.23 Å². The zero-order valence-corrected chi connectivity index (χ0v) is 18.5. The van der Waals surface area contributed by atoms with Crippen LogP contribution in [-0.4, -0.2) is 22.8 Å². The molecule has 0 radical (unpaired) electrons. The molecule has 0 bridgehead atoms. The number of aromatic nitrogens is 2. The lowest BCUT2D eigenvalue weighted by Crippen LogP contribution is -2.35. The minimum absolute atomic E-state index is 0.115. The van der Waals surface area contributed by atoms with Crippen molar-refractivity contribution in [2.75, 3.05) is 0 Å². The monoisotopic (exact) mass is 474 g/mol. The van der Waals surface area contributed by atoms with Crippen LogP contribution in [0.5, 0.6) is 0 Å². The Bertz CT molecular complexity index is 1190. The van der Waals surface area contributed by atoms with E-state index in [-0.39, 0.29) is 12.0 Å². The number of nitrogens with zero attached hydrogens (tertiary/aromatic N) is 2. The van der Waals surface area contributed by atoms with Crippen molar-refractivity contribution in [2.45, 2.75) is 49.8 Å². The summed E-state index contributed by atoms with van der Waals surface area (Å²) >= 11 is 3.56. The Labute approximate surface area is 179 Å². The van der Waals surface area contributed by atoms with Gasteiger partial charge in [-0.25, -0.2) is 0 Å². The molecular weight excluding hydrogens is 452 g/mol. The molecule has 2 aliphatic carbocycles. The predicted octanol–water partition coefficient (Wildman–Crippen LogP) is 5.56. The fourth-order valence-corrected chi connectivity index (χ4v) is 6.25. The maximum atomic E-state index is 12.2. The molecule has 1 aromatic heterocycles. The fraction of sp³-hybridized carbons (Fsp3) is 0.409. The van der Waals surface area contributed by atoms with Crippen LogP contribution in [0, 0.1) is 12.8 Å². The van der Waals surface area contributed by atoms with Crippen molar-refractivity contribution < 1.29 is 13.0 Å². The third kappa shape index (κ3) is 3.53. The minimum atomic E-state index is -4.18. The molecule has 2 aromatic carbocycles. The summed E-state index contributed by atoms with van der Waals surface area (Å²) < 4.78 is 37.5. The summed E-state index contributed by atoms with van der Waals surface area (Å²) in [6.07, 6.45) is 3.75. The van der Waals surface area contributed by atoms with Crippen LogP contribution in [0.1, 0.15) is 59.7 Å². The molecule has 5 rings (SSSR count). The lowest BCUT2D eigenvalue weighted by atomic mass is 9.76. The Balaban J connectivity index is 1.45. The highest BCUT2D eigenvalue weighted by atomic mass is 79.9. The van der Waals surface area contributed by atoms with Gasteiger partial charge >= 0.3 is 0 Å². The third-order valence-corrected chi connectivity index (χ3v) is 8.07. The van der Waals surface area contributed by atoms with E-state index in [0.717, 1.165) is 21.2 Å². The molecule has 1 heterocycles. The van der Waals surface area contributed by atoms with Crippen molar-refractivity contribution in [3.8, 4) is 0 Å². The van der Waals surface area contributed by atoms with Gasteiger partial charge in [0.25, 0.3) is 10.1 Å². The van der Waals surface area contributed by atoms with Crippen LogP contribution >= 0.6 is 15.9 Å². The predicted molar refractivity (Wildman–Crippen MR) is 117 cm³/mol. The largest absolute Gasteiger partial charge is 0.285 e. The number of hydrogen-bond acceptors (Lipinski definition) is 3. The van der Waals surface area contributed by atoms with Crippen molar-refractivity contribution in [2.24, 2.45) is 5.92 Å². The number of halogens is 1. The lowest BCUT2D eigenvalue weighted by molar-refractivity contribution is 0.177. The van der Waals surface area contributed by atoms with Crippen LogP contribution in [0.4, 0.5) is 0 Å². The van der Waals surface area contributed by atoms with E-state index in [1.54, 1.807) is 6.07 Å². The van der Waals surface area contributed by atoms with Crippen LogP contribution in [-0.2, 0) is 10.1 Å². The molecule has 1 unspecified atom stereocenters. The molecule has 0 saturated heterocycles. The smallest absolute Gasteiger partial charge is 0.272 e. The van der Waals surface area contributed by atoms with Crippen molar-refractivity contribution in [3.05, 3.63) is 63.8 Å². The summed E-state index contributed by atoms with van der Waals surface area (Å²) in [5.41, 5.74) is 3.93. The number of hydrogen-bond donors (Lipinski definition) is 1. The van der Waals surface area contributed by atoms with Crippen molar-refractivity contribution in [1.82, 2.24) is 9.78 Å². The van der Waals surface area contributed by atoms with Gasteiger partial charge in [-0.2, -0.15) is 13.5 Å². The molecule has 0 amide bonds. The molecule has 1 atom stereocenters. The second-order valence-corrected chi connectivity index (χ2v) is 11.0. The van der Waals surface area contributed by atoms with Crippen LogP contribution in [0.25, 0.3) is 10.9 Å². The average Bonchev–Trinajstić information content (AvgIpc) is 3.38. The second-order valence-electron chi connectivity index (χ2n) is 8.50. The van der Waals surface area contributed by atoms with Crippen LogP contribution in [0.15, 0.2) is 46.9 Å². The van der Waals surface area contributed by atoms with Gasteiger partial charge in [-0.15, -0.1) is 0 Å². The fourth-order valence-electron chi connectivity index (χ4n) is 4.68. The highest BCUT2D eigenvalue weighted by Gasteiger charge is 2.44. The number of benzene rings is 2. The quantitative estimate of drug-likeness (QED) is 0.490. The molecule has 3 aromatic rings. The summed E-state index contributed by atoms with van der Waals surface area (Å²) in [5.74, 6) is 0.428. The summed E-state index contributed by atoms with van der Waals surface area (Å²) in [6, 6.07) is 13.8. The molecule has 7 heteroatoms. The molecule has 2 aliphatic rings. The normalized spacial score (nSPS) is 23.1. The maximum Gasteiger partial charge on any atom is 0.272 e. The standard InChI is InChI=1S/C22H23BrN2O3S/c1-13-3-2-4-15(9-13)22(29(26,27)28)16-10-18(11-16)25-20-8-7-17(23)12-19(20)21(24-25)14-5-6-14/h2-4,7-9,12,14,16,18,22H,5-6,10-11H2,1H3,(H,26,27,28). The maximum absolute atomic E-state index is 12.2. The Hall–Kier alpha value is -1.70. The summed E-state index contributed by atoms with van der Waals surface area (Å²) in [4.78, 5) is 0. The molecule has 1 N–H and O–H groups in total. The number of aryl methyl sites for hydroxylation is 1. The van der Waals surface area contributed by atoms with E-state index in [1.807, 2.05) is 31.2 Å². The summed E-state index contributed by atoms with van der Waals surface area (Å²) in [6.45, 7) is 1.93. The van der Waals surface area contributed by atoms with E-state index < -0.39 is 15.4 Å². The van der Waals surface area contributed by atoms with Gasteiger partial charge in [0.2, 0.25) is 0 Å². The van der Waals surface area contributed by atoms with Gasteiger partial charge in [-0.1, -0.05) is 45.8 Å². The average molecular weight is 475 g/mol. The third-order valence-electron chi connectivity index (χ3n) is 6.28. The Morgan fingerprint density at radius 2 is 1.93 bits per heavy atom. The van der Waals surface area contributed by atoms with E-state index >= 15 is 0 Å². The first-order chi connectivity index (χ1) is 13.8. The van der Waals surface area contributed by atoms with E-state index in [9.17, 15) is 13.0 Å². The first-order valence-electron chi connectivity index (χ1n) is 10.0. The van der Waals surface area contributed by atoms with E-state index in [4.69, 9.17) is 5.10 Å². The lowest BCUT2D eigenvalue weighted by Gasteiger charge is -2.39. The Kier molecular flexibility index (Phi) is 4.60. The zero-order chi connectivity index (χ0) is 20.3. The van der Waals surface area contributed by atoms with Crippen molar-refractivity contribution in [1.29, 1.82) is 0 Å². The van der Waals surface area contributed by atoms with Gasteiger partial charge in [0.05, 0.1) is 17.3 Å². The summed E-state index contributed by atoms with van der Waals surface area (Å²) in [5, 5.41) is 5.25. The SMILES string of the molecule is Cc1cccc(C(C2CC(n3nc(C4CC4)c4cc(Br)ccc43)C2)S(=O)(=O)O)c1. The number of rotatable bonds is 5. The first-order valence-corrected chi connectivity index (χ1v) is 12.3.